The van der Waals surface area contributed by atoms with Crippen LogP contribution in [0.4, 0.5) is 0 Å². The van der Waals surface area contributed by atoms with Crippen LogP contribution in [-0.4, -0.2) is 62.8 Å². The quantitative estimate of drug-likeness (QED) is 0.330. The van der Waals surface area contributed by atoms with Gasteiger partial charge in [0.15, 0.2) is 0 Å². The number of nitrogens with one attached hydrogen (secondary N) is 1. The fourth-order valence-corrected chi connectivity index (χ4v) is 2.77. The summed E-state index contributed by atoms with van der Waals surface area (Å²) in [5.41, 5.74) is -0.313. The van der Waals surface area contributed by atoms with Crippen molar-refractivity contribution in [3.8, 4) is 0 Å². The highest BCUT2D eigenvalue weighted by Gasteiger charge is 2.24. The van der Waals surface area contributed by atoms with Gasteiger partial charge in [0, 0.05) is 24.1 Å². The van der Waals surface area contributed by atoms with E-state index in [1.165, 1.54) is 0 Å². The van der Waals surface area contributed by atoms with E-state index in [-0.39, 0.29) is 17.1 Å². The molecule has 0 saturated heterocycles. The van der Waals surface area contributed by atoms with Crippen molar-refractivity contribution in [1.29, 1.82) is 0 Å². The third-order valence-corrected chi connectivity index (χ3v) is 5.17. The minimum Gasteiger partial charge on any atom is -0.748 e. The smallest absolute Gasteiger partial charge is 0.225 e. The van der Waals surface area contributed by atoms with Gasteiger partial charge in [-0.1, -0.05) is 20.8 Å². The summed E-state index contributed by atoms with van der Waals surface area (Å²) in [5, 5.41) is 2.99. The number of unbranched alkanes of at least 4 members (excludes halogenated alkanes) is 2. The second-order valence-corrected chi connectivity index (χ2v) is 9.08. The Bertz CT molecular complexity index is 459. The monoisotopic (exact) mass is 350 g/mol. The second-order valence-electron chi connectivity index (χ2n) is 7.55. The molecular formula is C16H34N2O4S. The molecule has 0 spiro atoms. The van der Waals surface area contributed by atoms with Crippen molar-refractivity contribution in [3.63, 3.8) is 0 Å². The van der Waals surface area contributed by atoms with Crippen molar-refractivity contribution < 1.29 is 22.2 Å². The first-order valence-corrected chi connectivity index (χ1v) is 10.0. The van der Waals surface area contributed by atoms with E-state index >= 15 is 0 Å². The van der Waals surface area contributed by atoms with Gasteiger partial charge in [-0.25, -0.2) is 8.42 Å². The number of carbonyl (C=O) groups excluding carboxylic acids is 1. The fourth-order valence-electron chi connectivity index (χ4n) is 2.22. The molecule has 0 aliphatic carbocycles. The molecule has 138 valence electrons. The number of carbonyl (C=O) groups is 1. The van der Waals surface area contributed by atoms with Gasteiger partial charge < -0.3 is 14.4 Å². The van der Waals surface area contributed by atoms with Crippen molar-refractivity contribution in [3.05, 3.63) is 0 Å². The topological polar surface area (TPSA) is 86.3 Å². The molecule has 7 heteroatoms. The maximum Gasteiger partial charge on any atom is 0.225 e. The first kappa shape index (κ1) is 22.3. The summed E-state index contributed by atoms with van der Waals surface area (Å²) >= 11 is 0. The predicted molar refractivity (Wildman–Crippen MR) is 92.0 cm³/mol. The molecule has 0 aromatic carbocycles. The summed E-state index contributed by atoms with van der Waals surface area (Å²) in [6.07, 6.45) is 3.82. The Morgan fingerprint density at radius 2 is 1.65 bits per heavy atom. The zero-order valence-corrected chi connectivity index (χ0v) is 16.2. The molecular weight excluding hydrogens is 316 g/mol. The lowest BCUT2D eigenvalue weighted by Crippen LogP contribution is -2.43. The number of amides is 1. The van der Waals surface area contributed by atoms with Crippen LogP contribution in [0, 0.1) is 5.41 Å². The van der Waals surface area contributed by atoms with Crippen molar-refractivity contribution >= 4 is 16.0 Å². The second kappa shape index (κ2) is 9.59. The van der Waals surface area contributed by atoms with Crippen molar-refractivity contribution in [2.75, 3.05) is 39.5 Å². The zero-order chi connectivity index (χ0) is 18.1. The summed E-state index contributed by atoms with van der Waals surface area (Å²) in [4.78, 5) is 12.0. The molecule has 23 heavy (non-hydrogen) atoms. The molecule has 0 radical (unpaired) electrons. The Balaban J connectivity index is 3.86. The largest absolute Gasteiger partial charge is 0.748 e. The van der Waals surface area contributed by atoms with E-state index < -0.39 is 10.1 Å². The van der Waals surface area contributed by atoms with E-state index in [9.17, 15) is 17.8 Å². The van der Waals surface area contributed by atoms with Crippen molar-refractivity contribution in [1.82, 2.24) is 5.32 Å². The normalized spacial score (nSPS) is 13.1. The summed E-state index contributed by atoms with van der Waals surface area (Å²) < 4.78 is 32.4. The molecule has 0 saturated carbocycles. The molecule has 0 atom stereocenters. The maximum atomic E-state index is 12.0. The van der Waals surface area contributed by atoms with Crippen LogP contribution in [0.2, 0.25) is 0 Å². The summed E-state index contributed by atoms with van der Waals surface area (Å²) in [7, 11) is 0.179. The van der Waals surface area contributed by atoms with E-state index in [1.54, 1.807) is 0 Å². The van der Waals surface area contributed by atoms with Crippen LogP contribution in [0.25, 0.3) is 0 Å². The average molecular weight is 351 g/mol. The molecule has 6 nitrogen and oxygen atoms in total. The highest BCUT2D eigenvalue weighted by Crippen LogP contribution is 2.19. The molecule has 0 aliphatic rings. The van der Waals surface area contributed by atoms with Crippen LogP contribution in [0.15, 0.2) is 0 Å². The summed E-state index contributed by atoms with van der Waals surface area (Å²) in [5.74, 6) is -0.163. The first-order chi connectivity index (χ1) is 10.4. The van der Waals surface area contributed by atoms with E-state index in [2.05, 4.69) is 19.4 Å². The van der Waals surface area contributed by atoms with Crippen molar-refractivity contribution in [2.24, 2.45) is 5.41 Å². The van der Waals surface area contributed by atoms with Gasteiger partial charge in [0.05, 0.1) is 37.3 Å². The first-order valence-electron chi connectivity index (χ1n) is 8.43. The van der Waals surface area contributed by atoms with Crippen LogP contribution in [0.5, 0.6) is 0 Å². The minimum absolute atomic E-state index is 0.101. The van der Waals surface area contributed by atoms with Gasteiger partial charge in [0.2, 0.25) is 5.91 Å². The zero-order valence-electron chi connectivity index (χ0n) is 15.4. The predicted octanol–water partition coefficient (Wildman–Crippen LogP) is 1.72. The molecule has 0 aromatic heterocycles. The summed E-state index contributed by atoms with van der Waals surface area (Å²) in [6, 6.07) is 0. The number of hydrogen-bond acceptors (Lipinski definition) is 4. The minimum atomic E-state index is -4.08. The molecule has 0 unspecified atom stereocenters. The van der Waals surface area contributed by atoms with E-state index in [0.717, 1.165) is 43.3 Å². The SMILES string of the molecule is CCC(C)(C)C(=O)NCCC[N+](C)(C)CCCCCS(=O)(=O)[O-]. The van der Waals surface area contributed by atoms with Crippen LogP contribution in [0.3, 0.4) is 0 Å². The lowest BCUT2D eigenvalue weighted by Gasteiger charge is -2.30. The van der Waals surface area contributed by atoms with Gasteiger partial charge in [0.1, 0.15) is 0 Å². The number of rotatable bonds is 12. The Kier molecular flexibility index (Phi) is 9.32. The van der Waals surface area contributed by atoms with Gasteiger partial charge in [-0.15, -0.1) is 0 Å². The Labute approximate surface area is 142 Å². The fraction of sp³-hybridized carbons (Fsp3) is 0.938. The van der Waals surface area contributed by atoms with E-state index in [1.807, 2.05) is 20.8 Å². The van der Waals surface area contributed by atoms with Crippen LogP contribution in [0.1, 0.15) is 52.9 Å². The highest BCUT2D eigenvalue weighted by atomic mass is 32.2. The maximum absolute atomic E-state index is 12.0. The lowest BCUT2D eigenvalue weighted by molar-refractivity contribution is -0.890. The Morgan fingerprint density at radius 1 is 1.09 bits per heavy atom. The van der Waals surface area contributed by atoms with Crippen LogP contribution < -0.4 is 5.32 Å². The standard InChI is InChI=1S/C16H34N2O4S/c1-6-16(2,3)15(19)17-11-10-13-18(4,5)12-8-7-9-14-23(20,21)22/h6-14H2,1-5H3,(H-,17,19,20,21,22). The molecule has 0 bridgehead atoms. The third-order valence-electron chi connectivity index (χ3n) is 4.38. The van der Waals surface area contributed by atoms with Crippen molar-refractivity contribution in [2.45, 2.75) is 52.9 Å². The van der Waals surface area contributed by atoms with Crippen LogP contribution >= 0.6 is 0 Å². The Morgan fingerprint density at radius 3 is 2.17 bits per heavy atom. The molecule has 0 aliphatic heterocycles. The number of quaternary nitrogens is 1. The van der Waals surface area contributed by atoms with Gasteiger partial charge in [-0.05, 0) is 25.7 Å². The summed E-state index contributed by atoms with van der Waals surface area (Å²) in [6.45, 7) is 8.48. The van der Waals surface area contributed by atoms with E-state index in [0.29, 0.717) is 13.0 Å². The lowest BCUT2D eigenvalue weighted by atomic mass is 9.89. The van der Waals surface area contributed by atoms with Gasteiger partial charge in [0.25, 0.3) is 0 Å². The molecule has 0 fully saturated rings. The third kappa shape index (κ3) is 11.5. The highest BCUT2D eigenvalue weighted by molar-refractivity contribution is 7.85. The van der Waals surface area contributed by atoms with Gasteiger partial charge in [-0.2, -0.15) is 0 Å². The Hall–Kier alpha value is -0.660. The van der Waals surface area contributed by atoms with Gasteiger partial charge >= 0.3 is 0 Å². The van der Waals surface area contributed by atoms with Crippen LogP contribution in [-0.2, 0) is 14.9 Å². The number of hydrogen-bond donors (Lipinski definition) is 1. The molecule has 0 heterocycles. The molecule has 0 rings (SSSR count). The molecule has 1 N–H and O–H groups in total. The molecule has 1 amide bonds. The van der Waals surface area contributed by atoms with Gasteiger partial charge in [-0.3, -0.25) is 4.79 Å². The average Bonchev–Trinajstić information content (AvgIpc) is 2.41. The molecule has 0 aromatic rings. The van der Waals surface area contributed by atoms with E-state index in [4.69, 9.17) is 0 Å². The number of nitrogens with zero attached hydrogens (tertiary/aromatic N) is 1.